The first-order valence-corrected chi connectivity index (χ1v) is 9.13. The average Bonchev–Trinajstić information content (AvgIpc) is 2.61. The van der Waals surface area contributed by atoms with Gasteiger partial charge in [-0.1, -0.05) is 19.1 Å². The second kappa shape index (κ2) is 7.34. The van der Waals surface area contributed by atoms with E-state index in [2.05, 4.69) is 45.7 Å². The summed E-state index contributed by atoms with van der Waals surface area (Å²) in [6.07, 6.45) is 2.82. The molecule has 0 unspecified atom stereocenters. The monoisotopic (exact) mass is 387 g/mol. The van der Waals surface area contributed by atoms with Crippen molar-refractivity contribution in [1.29, 1.82) is 0 Å². The number of aryl methyl sites for hydroxylation is 2. The number of aromatic nitrogens is 1. The average molecular weight is 388 g/mol. The van der Waals surface area contributed by atoms with Crippen LogP contribution in [0.2, 0.25) is 0 Å². The minimum Gasteiger partial charge on any atom is -0.353 e. The molecule has 1 aromatic carbocycles. The number of nitrogens with zero attached hydrogens (tertiary/aromatic N) is 3. The quantitative estimate of drug-likeness (QED) is 0.805. The summed E-state index contributed by atoms with van der Waals surface area (Å²) in [5.41, 5.74) is 3.19. The molecule has 5 heteroatoms. The van der Waals surface area contributed by atoms with Crippen molar-refractivity contribution in [2.24, 2.45) is 0 Å². The first-order valence-electron chi connectivity index (χ1n) is 8.34. The molecule has 1 amide bonds. The van der Waals surface area contributed by atoms with Crippen LogP contribution in [0.25, 0.3) is 0 Å². The van der Waals surface area contributed by atoms with Crippen molar-refractivity contribution in [2.45, 2.75) is 20.3 Å². The highest BCUT2D eigenvalue weighted by Crippen LogP contribution is 2.22. The predicted octanol–water partition coefficient (Wildman–Crippen LogP) is 3.68. The summed E-state index contributed by atoms with van der Waals surface area (Å²) >= 11 is 3.45. The number of amides is 1. The predicted molar refractivity (Wildman–Crippen MR) is 101 cm³/mol. The summed E-state index contributed by atoms with van der Waals surface area (Å²) in [5.74, 6) is 1.13. The number of anilines is 1. The van der Waals surface area contributed by atoms with Crippen LogP contribution in [0.4, 0.5) is 5.82 Å². The molecule has 1 saturated heterocycles. The molecule has 0 N–H and O–H groups in total. The fourth-order valence-corrected chi connectivity index (χ4v) is 3.50. The molecule has 0 aliphatic carbocycles. The molecule has 0 atom stereocenters. The van der Waals surface area contributed by atoms with E-state index in [9.17, 15) is 4.79 Å². The van der Waals surface area contributed by atoms with E-state index in [1.165, 1.54) is 5.56 Å². The third kappa shape index (κ3) is 3.61. The number of hydrogen-bond acceptors (Lipinski definition) is 3. The Balaban J connectivity index is 1.64. The van der Waals surface area contributed by atoms with Gasteiger partial charge in [0, 0.05) is 42.4 Å². The lowest BCUT2D eigenvalue weighted by Crippen LogP contribution is -2.49. The first kappa shape index (κ1) is 17.0. The van der Waals surface area contributed by atoms with Crippen LogP contribution in [-0.2, 0) is 6.42 Å². The Hall–Kier alpha value is -1.88. The summed E-state index contributed by atoms with van der Waals surface area (Å²) in [6, 6.07) is 10.0. The standard InChI is InChI=1S/C19H22BrN3O/c1-3-15-4-6-16(7-5-15)19(24)23-10-8-22(9-11-23)18-14(2)12-17(20)13-21-18/h4-7,12-13H,3,8-11H2,1-2H3. The van der Waals surface area contributed by atoms with E-state index in [0.29, 0.717) is 0 Å². The van der Waals surface area contributed by atoms with Gasteiger partial charge in [-0.3, -0.25) is 4.79 Å². The van der Waals surface area contributed by atoms with Crippen LogP contribution in [0.15, 0.2) is 41.0 Å². The van der Waals surface area contributed by atoms with Gasteiger partial charge in [-0.2, -0.15) is 0 Å². The summed E-state index contributed by atoms with van der Waals surface area (Å²) in [5, 5.41) is 0. The van der Waals surface area contributed by atoms with Gasteiger partial charge in [0.15, 0.2) is 0 Å². The fourth-order valence-electron chi connectivity index (χ4n) is 3.05. The summed E-state index contributed by atoms with van der Waals surface area (Å²) < 4.78 is 0.994. The molecule has 0 spiro atoms. The van der Waals surface area contributed by atoms with Gasteiger partial charge in [-0.25, -0.2) is 4.98 Å². The normalized spacial score (nSPS) is 14.8. The zero-order valence-electron chi connectivity index (χ0n) is 14.1. The van der Waals surface area contributed by atoms with Crippen molar-refractivity contribution in [3.8, 4) is 0 Å². The van der Waals surface area contributed by atoms with E-state index in [1.807, 2.05) is 35.4 Å². The Kier molecular flexibility index (Phi) is 5.19. The van der Waals surface area contributed by atoms with Crippen molar-refractivity contribution in [3.63, 3.8) is 0 Å². The number of carbonyl (C=O) groups excluding carboxylic acids is 1. The number of rotatable bonds is 3. The highest BCUT2D eigenvalue weighted by atomic mass is 79.9. The van der Waals surface area contributed by atoms with Gasteiger partial charge in [0.05, 0.1) is 0 Å². The van der Waals surface area contributed by atoms with E-state index >= 15 is 0 Å². The third-order valence-corrected chi connectivity index (χ3v) is 4.93. The minimum absolute atomic E-state index is 0.123. The van der Waals surface area contributed by atoms with E-state index < -0.39 is 0 Å². The molecular weight excluding hydrogens is 366 g/mol. The molecule has 2 heterocycles. The van der Waals surface area contributed by atoms with Crippen LogP contribution >= 0.6 is 15.9 Å². The summed E-state index contributed by atoms with van der Waals surface area (Å²) in [6.45, 7) is 7.27. The molecule has 0 radical (unpaired) electrons. The lowest BCUT2D eigenvalue weighted by molar-refractivity contribution is 0.0746. The molecule has 1 aliphatic rings. The van der Waals surface area contributed by atoms with Crippen molar-refractivity contribution < 1.29 is 4.79 Å². The molecule has 126 valence electrons. The number of piperazine rings is 1. The number of pyridine rings is 1. The number of carbonyl (C=O) groups is 1. The molecule has 0 saturated carbocycles. The van der Waals surface area contributed by atoms with Gasteiger partial charge < -0.3 is 9.80 Å². The van der Waals surface area contributed by atoms with Crippen LogP contribution in [0, 0.1) is 6.92 Å². The lowest BCUT2D eigenvalue weighted by Gasteiger charge is -2.36. The maximum absolute atomic E-state index is 12.6. The van der Waals surface area contributed by atoms with Crippen molar-refractivity contribution in [2.75, 3.05) is 31.1 Å². The Labute approximate surface area is 151 Å². The maximum Gasteiger partial charge on any atom is 0.253 e. The maximum atomic E-state index is 12.6. The molecule has 24 heavy (non-hydrogen) atoms. The molecule has 0 bridgehead atoms. The van der Waals surface area contributed by atoms with Gasteiger partial charge in [0.2, 0.25) is 0 Å². The Morgan fingerprint density at radius 1 is 1.17 bits per heavy atom. The topological polar surface area (TPSA) is 36.4 Å². The van der Waals surface area contributed by atoms with Gasteiger partial charge in [-0.15, -0.1) is 0 Å². The van der Waals surface area contributed by atoms with Crippen LogP contribution in [0.5, 0.6) is 0 Å². The van der Waals surface area contributed by atoms with E-state index in [-0.39, 0.29) is 5.91 Å². The molecule has 3 rings (SSSR count). The molecule has 1 aliphatic heterocycles. The molecule has 1 aromatic heterocycles. The minimum atomic E-state index is 0.123. The van der Waals surface area contributed by atoms with Gasteiger partial charge in [0.1, 0.15) is 5.82 Å². The highest BCUT2D eigenvalue weighted by molar-refractivity contribution is 9.10. The molecule has 1 fully saturated rings. The van der Waals surface area contributed by atoms with Crippen molar-refractivity contribution >= 4 is 27.7 Å². The van der Waals surface area contributed by atoms with E-state index in [1.54, 1.807) is 0 Å². The second-order valence-corrected chi connectivity index (χ2v) is 7.04. The smallest absolute Gasteiger partial charge is 0.253 e. The zero-order valence-corrected chi connectivity index (χ0v) is 15.7. The van der Waals surface area contributed by atoms with Crippen LogP contribution in [-0.4, -0.2) is 42.0 Å². The van der Waals surface area contributed by atoms with Crippen LogP contribution in [0.1, 0.15) is 28.4 Å². The van der Waals surface area contributed by atoms with E-state index in [0.717, 1.165) is 54.0 Å². The van der Waals surface area contributed by atoms with Crippen LogP contribution < -0.4 is 4.90 Å². The first-order chi connectivity index (χ1) is 11.6. The van der Waals surface area contributed by atoms with Gasteiger partial charge >= 0.3 is 0 Å². The van der Waals surface area contributed by atoms with Gasteiger partial charge in [-0.05, 0) is 58.6 Å². The molecule has 4 nitrogen and oxygen atoms in total. The highest BCUT2D eigenvalue weighted by Gasteiger charge is 2.23. The molecule has 2 aromatic rings. The van der Waals surface area contributed by atoms with Crippen molar-refractivity contribution in [3.05, 3.63) is 57.7 Å². The Bertz CT molecular complexity index is 722. The van der Waals surface area contributed by atoms with Crippen molar-refractivity contribution in [1.82, 2.24) is 9.88 Å². The fraction of sp³-hybridized carbons (Fsp3) is 0.368. The lowest BCUT2D eigenvalue weighted by atomic mass is 10.1. The van der Waals surface area contributed by atoms with Crippen LogP contribution in [0.3, 0.4) is 0 Å². The number of hydrogen-bond donors (Lipinski definition) is 0. The Morgan fingerprint density at radius 2 is 1.83 bits per heavy atom. The third-order valence-electron chi connectivity index (χ3n) is 4.49. The second-order valence-electron chi connectivity index (χ2n) is 6.12. The Morgan fingerprint density at radius 3 is 2.42 bits per heavy atom. The van der Waals surface area contributed by atoms with Gasteiger partial charge in [0.25, 0.3) is 5.91 Å². The SMILES string of the molecule is CCc1ccc(C(=O)N2CCN(c3ncc(Br)cc3C)CC2)cc1. The molecular formula is C19H22BrN3O. The number of halogens is 1. The van der Waals surface area contributed by atoms with E-state index in [4.69, 9.17) is 0 Å². The summed E-state index contributed by atoms with van der Waals surface area (Å²) in [7, 11) is 0. The zero-order chi connectivity index (χ0) is 17.1. The summed E-state index contributed by atoms with van der Waals surface area (Å²) in [4.78, 5) is 21.4. The number of benzene rings is 1. The largest absolute Gasteiger partial charge is 0.353 e.